The second-order valence-electron chi connectivity index (χ2n) is 16.6. The van der Waals surface area contributed by atoms with Crippen LogP contribution in [0.4, 0.5) is 26.3 Å². The van der Waals surface area contributed by atoms with E-state index in [1.807, 2.05) is 13.8 Å². The van der Waals surface area contributed by atoms with Gasteiger partial charge in [-0.2, -0.15) is 13.5 Å². The fourth-order valence-corrected chi connectivity index (χ4v) is 8.86. The first-order valence-electron chi connectivity index (χ1n) is 20.5. The van der Waals surface area contributed by atoms with Crippen LogP contribution in [0.5, 0.6) is 11.5 Å². The van der Waals surface area contributed by atoms with Gasteiger partial charge < -0.3 is 45.6 Å². The number of alkyl halides is 6. The molecule has 2 saturated carbocycles. The maximum Gasteiger partial charge on any atom is 0.573 e. The molecule has 6 N–H and O–H groups in total. The largest absolute Gasteiger partial charge is 0.573 e. The number of aliphatic carboxylic acids is 1. The highest BCUT2D eigenvalue weighted by molar-refractivity contribution is 7.59. The molecule has 2 aliphatic carbocycles. The number of carboxylic acids is 1. The van der Waals surface area contributed by atoms with Gasteiger partial charge in [0.15, 0.2) is 0 Å². The van der Waals surface area contributed by atoms with Gasteiger partial charge >= 0.3 is 18.7 Å². The zero-order valence-electron chi connectivity index (χ0n) is 34.7. The molecule has 4 aliphatic rings. The molecule has 4 fully saturated rings. The third-order valence-corrected chi connectivity index (χ3v) is 11.2. The molecule has 2 saturated heterocycles. The Labute approximate surface area is 355 Å². The summed E-state index contributed by atoms with van der Waals surface area (Å²) in [5.74, 6) is -4.56. The van der Waals surface area contributed by atoms with Gasteiger partial charge in [0.05, 0.1) is 17.1 Å². The fraction of sp³-hybridized carbons (Fsp3) is 0.667. The van der Waals surface area contributed by atoms with Gasteiger partial charge in [0, 0.05) is 50.3 Å². The van der Waals surface area contributed by atoms with Gasteiger partial charge in [-0.25, -0.2) is 0 Å². The van der Waals surface area contributed by atoms with Gasteiger partial charge in [-0.3, -0.25) is 9.59 Å². The number of rotatable bonds is 8. The van der Waals surface area contributed by atoms with Crippen LogP contribution >= 0.6 is 13.5 Å². The van der Waals surface area contributed by atoms with E-state index in [-0.39, 0.29) is 42.8 Å². The summed E-state index contributed by atoms with van der Waals surface area (Å²) in [4.78, 5) is 26.9. The molecule has 2 aromatic carbocycles. The molecule has 6 atom stereocenters. The Bertz CT molecular complexity index is 1640. The molecule has 0 radical (unpaired) electrons. The van der Waals surface area contributed by atoms with E-state index in [0.717, 1.165) is 50.9 Å². The number of carboxylic acid groups (broad SMARTS) is 1. The topological polar surface area (TPSA) is 153 Å². The molecule has 340 valence electrons. The zero-order chi connectivity index (χ0) is 43.6. The van der Waals surface area contributed by atoms with Crippen molar-refractivity contribution in [2.75, 3.05) is 26.2 Å². The molecule has 0 unspecified atom stereocenters. The van der Waals surface area contributed by atoms with Crippen LogP contribution in [0.1, 0.15) is 115 Å². The summed E-state index contributed by atoms with van der Waals surface area (Å²) < 4.78 is 82.8. The van der Waals surface area contributed by atoms with Gasteiger partial charge in [-0.05, 0) is 88.8 Å². The van der Waals surface area contributed by atoms with Gasteiger partial charge in [-0.1, -0.05) is 62.8 Å². The molecule has 0 aromatic heterocycles. The molecule has 1 amide bonds. The number of benzene rings is 2. The number of nitrogens with zero attached hydrogens (tertiary/aromatic N) is 1. The van der Waals surface area contributed by atoms with Crippen molar-refractivity contribution < 1.29 is 60.7 Å². The van der Waals surface area contributed by atoms with E-state index in [1.54, 1.807) is 11.0 Å². The first-order chi connectivity index (χ1) is 27.6. The second kappa shape index (κ2) is 22.2. The highest BCUT2D eigenvalue weighted by atomic mass is 32.1. The normalized spacial score (nSPS) is 25.0. The highest BCUT2D eigenvalue weighted by Crippen LogP contribution is 2.43. The lowest BCUT2D eigenvalue weighted by molar-refractivity contribution is -0.275. The average Bonchev–Trinajstić information content (AvgIpc) is 3.11. The molecule has 0 bridgehead atoms. The minimum atomic E-state index is -4.85. The van der Waals surface area contributed by atoms with Crippen molar-refractivity contribution >= 4 is 25.4 Å². The minimum absolute atomic E-state index is 0. The first-order valence-corrected chi connectivity index (χ1v) is 20.5. The Morgan fingerprint density at radius 3 is 1.42 bits per heavy atom. The van der Waals surface area contributed by atoms with E-state index >= 15 is 0 Å². The fourth-order valence-electron chi connectivity index (χ4n) is 8.86. The molecule has 2 aliphatic heterocycles. The summed E-state index contributed by atoms with van der Waals surface area (Å²) in [6.07, 6.45) is -3.30. The number of aliphatic hydroxyl groups is 2. The van der Waals surface area contributed by atoms with Crippen LogP contribution in [0, 0.1) is 0 Å². The van der Waals surface area contributed by atoms with Crippen LogP contribution < -0.4 is 25.4 Å². The van der Waals surface area contributed by atoms with Crippen molar-refractivity contribution in [3.63, 3.8) is 0 Å². The number of carbonyl (C=O) groups is 2. The number of piperazine rings is 2. The third kappa shape index (κ3) is 15.6. The van der Waals surface area contributed by atoms with Crippen molar-refractivity contribution in [2.45, 2.75) is 152 Å². The van der Waals surface area contributed by atoms with Crippen molar-refractivity contribution in [2.24, 2.45) is 0 Å². The number of amides is 1. The number of nitrogens with one attached hydrogen (secondary N) is 3. The Morgan fingerprint density at radius 1 is 0.667 bits per heavy atom. The Hall–Kier alpha value is -3.29. The van der Waals surface area contributed by atoms with Crippen LogP contribution in [0.2, 0.25) is 0 Å². The number of ether oxygens (including phenoxy) is 2. The van der Waals surface area contributed by atoms with E-state index < -0.39 is 47.5 Å². The second-order valence-corrected chi connectivity index (χ2v) is 16.6. The lowest BCUT2D eigenvalue weighted by atomic mass is 9.72. The SMILES string of the molecule is C[C@@H]1CN(C(=O)[C@H](c2cccc(OC(F)(F)F)c2)C2(O)CCCCC2)C[C@H](C)N1.C[C@@H]1CNC[C@H](C)N1.O=C(O)[C@H](c1cccc(OC(F)(F)F)c1)C1(O)CCCCC1.S. The summed E-state index contributed by atoms with van der Waals surface area (Å²) in [6.45, 7) is 11.6. The van der Waals surface area contributed by atoms with Gasteiger partial charge in [0.25, 0.3) is 0 Å². The smallest absolute Gasteiger partial charge is 0.481 e. The highest BCUT2D eigenvalue weighted by Gasteiger charge is 2.46. The van der Waals surface area contributed by atoms with E-state index in [9.17, 15) is 51.3 Å². The van der Waals surface area contributed by atoms with E-state index in [0.29, 0.717) is 69.3 Å². The monoisotopic (exact) mass is 880 g/mol. The third-order valence-electron chi connectivity index (χ3n) is 11.2. The minimum Gasteiger partial charge on any atom is -0.481 e. The van der Waals surface area contributed by atoms with Crippen molar-refractivity contribution in [1.82, 2.24) is 20.9 Å². The molecule has 6 rings (SSSR count). The van der Waals surface area contributed by atoms with Crippen molar-refractivity contribution in [3.05, 3.63) is 59.7 Å². The summed E-state index contributed by atoms with van der Waals surface area (Å²) in [5.41, 5.74) is -2.25. The van der Waals surface area contributed by atoms with Crippen LogP contribution in [-0.2, 0) is 9.59 Å². The van der Waals surface area contributed by atoms with Crippen molar-refractivity contribution in [1.29, 1.82) is 0 Å². The maximum absolute atomic E-state index is 13.6. The van der Waals surface area contributed by atoms with E-state index in [4.69, 9.17) is 0 Å². The van der Waals surface area contributed by atoms with Gasteiger partial charge in [0.2, 0.25) is 5.91 Å². The van der Waals surface area contributed by atoms with Crippen LogP contribution in [0.3, 0.4) is 0 Å². The van der Waals surface area contributed by atoms with Crippen LogP contribution in [0.15, 0.2) is 48.5 Å². The molecule has 2 heterocycles. The molecule has 2 aromatic rings. The Balaban J connectivity index is 0.000000273. The Kier molecular flexibility index (Phi) is 18.9. The molecule has 60 heavy (non-hydrogen) atoms. The lowest BCUT2D eigenvalue weighted by Crippen LogP contribution is -2.58. The molecular formula is C42H62F6N4O7S. The van der Waals surface area contributed by atoms with E-state index in [2.05, 4.69) is 39.3 Å². The van der Waals surface area contributed by atoms with Gasteiger partial charge in [0.1, 0.15) is 17.4 Å². The van der Waals surface area contributed by atoms with Gasteiger partial charge in [-0.15, -0.1) is 26.3 Å². The summed E-state index contributed by atoms with van der Waals surface area (Å²) in [6, 6.07) is 11.8. The van der Waals surface area contributed by atoms with E-state index in [1.165, 1.54) is 30.3 Å². The predicted molar refractivity (Wildman–Crippen MR) is 219 cm³/mol. The first kappa shape index (κ1) is 51.1. The van der Waals surface area contributed by atoms with Crippen LogP contribution in [0.25, 0.3) is 0 Å². The molecule has 18 heteroatoms. The maximum atomic E-state index is 13.6. The van der Waals surface area contributed by atoms with Crippen LogP contribution in [-0.4, -0.2) is 106 Å². The Morgan fingerprint density at radius 2 is 1.05 bits per heavy atom. The zero-order valence-corrected chi connectivity index (χ0v) is 35.7. The molecular weight excluding hydrogens is 819 g/mol. The summed E-state index contributed by atoms with van der Waals surface area (Å²) >= 11 is 0. The molecule has 0 spiro atoms. The predicted octanol–water partition coefficient (Wildman–Crippen LogP) is 7.09. The standard InChI is InChI=1S/C21H29F3N2O3.C15H17F3O4.C6H14N2.H2S/c1-14-12-26(13-15(2)25-14)19(27)18(20(28)9-4-3-5-10-20)16-7-6-8-17(11-16)29-21(22,23)24;16-15(17,18)22-11-6-4-5-10(9-11)12(13(19)20)14(21)7-2-1-3-8-14;1-5-3-7-4-6(2)8-5;/h6-8,11,14-15,18,25,28H,3-5,9-10,12-13H2,1-2H3;4-6,9,12,21H,1-3,7-8H2,(H,19,20);5-8H,3-4H2,1-2H3;1H2/t14-,15+,18-;12-;5-,6+;/m00../s1. The van der Waals surface area contributed by atoms with Crippen molar-refractivity contribution in [3.8, 4) is 11.5 Å². The number of carbonyl (C=O) groups excluding carboxylic acids is 1. The summed E-state index contributed by atoms with van der Waals surface area (Å²) in [5, 5.41) is 41.6. The molecule has 11 nitrogen and oxygen atoms in total. The number of hydrogen-bond donors (Lipinski definition) is 6. The number of halogens is 6. The average molecular weight is 881 g/mol. The quantitative estimate of drug-likeness (QED) is 0.152. The lowest BCUT2D eigenvalue weighted by Gasteiger charge is -2.43. The number of hydrogen-bond acceptors (Lipinski definition) is 9. The summed E-state index contributed by atoms with van der Waals surface area (Å²) in [7, 11) is 0.